The first-order valence-electron chi connectivity index (χ1n) is 4.76. The number of esters is 1. The summed E-state index contributed by atoms with van der Waals surface area (Å²) in [5.74, 6) is -0.330. The largest absolute Gasteiger partial charge is 0.465 e. The molecule has 0 aromatic carbocycles. The third-order valence-corrected chi connectivity index (χ3v) is 2.28. The molecule has 0 radical (unpaired) electrons. The van der Waals surface area contributed by atoms with Crippen LogP contribution < -0.4 is 0 Å². The lowest BCUT2D eigenvalue weighted by atomic mass is 10.1. The van der Waals surface area contributed by atoms with E-state index in [9.17, 15) is 4.79 Å². The second kappa shape index (κ2) is 7.80. The van der Waals surface area contributed by atoms with Crippen molar-refractivity contribution in [2.24, 2.45) is 0 Å². The highest BCUT2D eigenvalue weighted by Crippen LogP contribution is 2.17. The van der Waals surface area contributed by atoms with Gasteiger partial charge in [0.25, 0.3) is 0 Å². The van der Waals surface area contributed by atoms with Crippen LogP contribution in [0.1, 0.15) is 32.6 Å². The van der Waals surface area contributed by atoms with E-state index in [2.05, 4.69) is 34.2 Å². The van der Waals surface area contributed by atoms with Crippen molar-refractivity contribution < 1.29 is 9.53 Å². The van der Waals surface area contributed by atoms with Crippen molar-refractivity contribution in [3.8, 4) is 0 Å². The summed E-state index contributed by atoms with van der Waals surface area (Å²) in [6.07, 6.45) is 6.22. The van der Waals surface area contributed by atoms with Gasteiger partial charge in [0.05, 0.1) is 12.7 Å². The molecule has 0 amide bonds. The first-order valence-corrected chi connectivity index (χ1v) is 5.56. The number of unbranched alkanes of at least 4 members (excludes halogenated alkanes) is 3. The van der Waals surface area contributed by atoms with Gasteiger partial charge in [0.1, 0.15) is 0 Å². The third kappa shape index (κ3) is 5.22. The number of allylic oxidation sites excluding steroid dienone is 1. The number of rotatable bonds is 6. The third-order valence-electron chi connectivity index (χ3n) is 1.85. The van der Waals surface area contributed by atoms with E-state index in [4.69, 9.17) is 0 Å². The van der Waals surface area contributed by atoms with Crippen LogP contribution in [-0.2, 0) is 9.53 Å². The second-order valence-electron chi connectivity index (χ2n) is 3.01. The van der Waals surface area contributed by atoms with Gasteiger partial charge in [0.15, 0.2) is 0 Å². The smallest absolute Gasteiger partial charge is 0.338 e. The fourth-order valence-electron chi connectivity index (χ4n) is 1.06. The lowest BCUT2D eigenvalue weighted by molar-refractivity contribution is -0.135. The minimum atomic E-state index is -0.330. The van der Waals surface area contributed by atoms with Crippen LogP contribution in [0.5, 0.6) is 0 Å². The van der Waals surface area contributed by atoms with Crippen molar-refractivity contribution in [3.63, 3.8) is 0 Å². The van der Waals surface area contributed by atoms with Crippen LogP contribution in [0, 0.1) is 0 Å². The summed E-state index contributed by atoms with van der Waals surface area (Å²) >= 11 is 3.19. The normalized spacial score (nSPS) is 11.2. The Balaban J connectivity index is 4.20. The van der Waals surface area contributed by atoms with Crippen molar-refractivity contribution in [2.75, 3.05) is 7.11 Å². The van der Waals surface area contributed by atoms with E-state index in [1.807, 2.05) is 6.08 Å². The van der Waals surface area contributed by atoms with Crippen LogP contribution >= 0.6 is 15.9 Å². The van der Waals surface area contributed by atoms with Gasteiger partial charge in [-0.2, -0.15) is 0 Å². The first-order chi connectivity index (χ1) is 6.63. The lowest BCUT2D eigenvalue weighted by Gasteiger charge is -2.02. The molecule has 0 spiro atoms. The van der Waals surface area contributed by atoms with Crippen LogP contribution in [0.15, 0.2) is 22.7 Å². The molecule has 0 aromatic heterocycles. The Morgan fingerprint density at radius 2 is 2.14 bits per heavy atom. The number of methoxy groups -OCH3 is 1. The predicted octanol–water partition coefficient (Wildman–Crippen LogP) is 3.57. The topological polar surface area (TPSA) is 26.3 Å². The van der Waals surface area contributed by atoms with Gasteiger partial charge in [-0.1, -0.05) is 48.4 Å². The molecule has 0 fully saturated rings. The van der Waals surface area contributed by atoms with Gasteiger partial charge >= 0.3 is 5.97 Å². The number of hydrogen-bond donors (Lipinski definition) is 0. The molecule has 0 heterocycles. The number of carbonyl (C=O) groups is 1. The maximum Gasteiger partial charge on any atom is 0.338 e. The van der Waals surface area contributed by atoms with Crippen molar-refractivity contribution in [2.45, 2.75) is 32.6 Å². The van der Waals surface area contributed by atoms with Gasteiger partial charge in [0.2, 0.25) is 0 Å². The number of halogens is 1. The molecule has 0 saturated carbocycles. The van der Waals surface area contributed by atoms with E-state index in [1.165, 1.54) is 20.0 Å². The average Bonchev–Trinajstić information content (AvgIpc) is 2.16. The molecule has 2 nitrogen and oxygen atoms in total. The zero-order chi connectivity index (χ0) is 11.0. The molecule has 0 saturated heterocycles. The molecule has 0 aromatic rings. The van der Waals surface area contributed by atoms with E-state index in [1.54, 1.807) is 0 Å². The summed E-state index contributed by atoms with van der Waals surface area (Å²) < 4.78 is 5.22. The number of ether oxygens (including phenoxy) is 1. The van der Waals surface area contributed by atoms with Gasteiger partial charge < -0.3 is 4.74 Å². The van der Waals surface area contributed by atoms with Crippen LogP contribution in [0.25, 0.3) is 0 Å². The number of carbonyl (C=O) groups excluding carboxylic acids is 1. The molecule has 14 heavy (non-hydrogen) atoms. The summed E-state index contributed by atoms with van der Waals surface area (Å²) in [6.45, 7) is 5.82. The van der Waals surface area contributed by atoms with Crippen molar-refractivity contribution in [1.82, 2.24) is 0 Å². The fraction of sp³-hybridized carbons (Fsp3) is 0.545. The predicted molar refractivity (Wildman–Crippen MR) is 62.3 cm³/mol. The van der Waals surface area contributed by atoms with Gasteiger partial charge in [-0.25, -0.2) is 4.79 Å². The molecule has 0 unspecified atom stereocenters. The Morgan fingerprint density at radius 3 is 2.57 bits per heavy atom. The molecular formula is C11H17BrO2. The van der Waals surface area contributed by atoms with E-state index >= 15 is 0 Å². The summed E-state index contributed by atoms with van der Waals surface area (Å²) in [5, 5.41) is 0. The SMILES string of the molecule is C=C(Br)/C(=C\CCCCC)C(=O)OC. The Hall–Kier alpha value is -0.570. The molecule has 0 rings (SSSR count). The van der Waals surface area contributed by atoms with Crippen LogP contribution in [0.4, 0.5) is 0 Å². The maximum atomic E-state index is 11.2. The number of hydrogen-bond acceptors (Lipinski definition) is 2. The van der Waals surface area contributed by atoms with E-state index in [0.717, 1.165) is 12.8 Å². The zero-order valence-electron chi connectivity index (χ0n) is 8.81. The van der Waals surface area contributed by atoms with Crippen molar-refractivity contribution in [1.29, 1.82) is 0 Å². The molecular weight excluding hydrogens is 244 g/mol. The highest BCUT2D eigenvalue weighted by atomic mass is 79.9. The van der Waals surface area contributed by atoms with E-state index in [-0.39, 0.29) is 5.97 Å². The van der Waals surface area contributed by atoms with Gasteiger partial charge in [0, 0.05) is 4.48 Å². The van der Waals surface area contributed by atoms with Crippen LogP contribution in [0.2, 0.25) is 0 Å². The Labute approximate surface area is 94.2 Å². The maximum absolute atomic E-state index is 11.2. The minimum Gasteiger partial charge on any atom is -0.465 e. The Bertz CT molecular complexity index is 231. The molecule has 0 aliphatic carbocycles. The second-order valence-corrected chi connectivity index (χ2v) is 3.97. The Morgan fingerprint density at radius 1 is 1.50 bits per heavy atom. The molecule has 0 N–H and O–H groups in total. The summed E-state index contributed by atoms with van der Waals surface area (Å²) in [6, 6.07) is 0. The molecule has 0 atom stereocenters. The van der Waals surface area contributed by atoms with Gasteiger partial charge in [-0.05, 0) is 12.8 Å². The standard InChI is InChI=1S/C11H17BrO2/c1-4-5-6-7-8-10(9(2)12)11(13)14-3/h8H,2,4-7H2,1,3H3/b10-8+. The summed E-state index contributed by atoms with van der Waals surface area (Å²) in [4.78, 5) is 11.2. The molecule has 0 bridgehead atoms. The van der Waals surface area contributed by atoms with E-state index < -0.39 is 0 Å². The van der Waals surface area contributed by atoms with E-state index in [0.29, 0.717) is 10.1 Å². The first kappa shape index (κ1) is 13.4. The average molecular weight is 261 g/mol. The van der Waals surface area contributed by atoms with Gasteiger partial charge in [-0.15, -0.1) is 0 Å². The Kier molecular flexibility index (Phi) is 7.48. The highest BCUT2D eigenvalue weighted by molar-refractivity contribution is 9.12. The fourth-order valence-corrected chi connectivity index (χ4v) is 1.38. The summed E-state index contributed by atoms with van der Waals surface area (Å²) in [7, 11) is 1.37. The van der Waals surface area contributed by atoms with Crippen molar-refractivity contribution in [3.05, 3.63) is 22.7 Å². The van der Waals surface area contributed by atoms with Crippen molar-refractivity contribution >= 4 is 21.9 Å². The molecule has 0 aliphatic rings. The highest BCUT2D eigenvalue weighted by Gasteiger charge is 2.10. The molecule has 3 heteroatoms. The summed E-state index contributed by atoms with van der Waals surface area (Å²) in [5.41, 5.74) is 0.531. The van der Waals surface area contributed by atoms with Gasteiger partial charge in [-0.3, -0.25) is 0 Å². The minimum absolute atomic E-state index is 0.330. The molecule has 80 valence electrons. The zero-order valence-corrected chi connectivity index (χ0v) is 10.4. The lowest BCUT2D eigenvalue weighted by Crippen LogP contribution is -2.04. The quantitative estimate of drug-likeness (QED) is 0.316. The van der Waals surface area contributed by atoms with Crippen LogP contribution in [-0.4, -0.2) is 13.1 Å². The van der Waals surface area contributed by atoms with Crippen LogP contribution in [0.3, 0.4) is 0 Å². The monoisotopic (exact) mass is 260 g/mol. The molecule has 0 aliphatic heterocycles.